The molecule has 2 nitrogen and oxygen atoms in total. The topological polar surface area (TPSA) is 26.0 Å². The molecular formula is C29H28FNO. The molecule has 0 saturated carbocycles. The summed E-state index contributed by atoms with van der Waals surface area (Å²) in [7, 11) is 0. The average Bonchev–Trinajstić information content (AvgIpc) is 3.19. The number of benzene rings is 3. The Hall–Kier alpha value is -3.20. The normalized spacial score (nSPS) is 12.1. The Kier molecular flexibility index (Phi) is 5.21. The third-order valence-corrected chi connectivity index (χ3v) is 6.75. The van der Waals surface area contributed by atoms with E-state index < -0.39 is 0 Å². The maximum atomic E-state index is 15.0. The van der Waals surface area contributed by atoms with Crippen LogP contribution in [0.1, 0.15) is 63.5 Å². The summed E-state index contributed by atoms with van der Waals surface area (Å²) in [5.41, 5.74) is 5.56. The quantitative estimate of drug-likeness (QED) is 0.281. The van der Waals surface area contributed by atoms with Gasteiger partial charge in [0.05, 0.1) is 5.69 Å². The highest BCUT2D eigenvalue weighted by molar-refractivity contribution is 6.12. The zero-order valence-electron chi connectivity index (χ0n) is 19.1. The molecule has 2 heterocycles. The molecule has 0 N–H and O–H groups in total. The van der Waals surface area contributed by atoms with Crippen molar-refractivity contribution in [2.75, 3.05) is 0 Å². The van der Waals surface area contributed by atoms with E-state index in [4.69, 9.17) is 9.40 Å². The summed E-state index contributed by atoms with van der Waals surface area (Å²) in [4.78, 5) is 4.80. The minimum absolute atomic E-state index is 0.131. The Morgan fingerprint density at radius 3 is 2.41 bits per heavy atom. The Labute approximate surface area is 188 Å². The highest BCUT2D eigenvalue weighted by atomic mass is 19.1. The lowest BCUT2D eigenvalue weighted by atomic mass is 9.88. The molecular weight excluding hydrogens is 397 g/mol. The van der Waals surface area contributed by atoms with Crippen LogP contribution in [0.3, 0.4) is 0 Å². The van der Waals surface area contributed by atoms with Crippen LogP contribution in [0.4, 0.5) is 4.39 Å². The van der Waals surface area contributed by atoms with Crippen molar-refractivity contribution in [3.05, 3.63) is 77.7 Å². The number of aromatic nitrogens is 1. The van der Waals surface area contributed by atoms with Crippen LogP contribution in [0.15, 0.2) is 65.2 Å². The maximum Gasteiger partial charge on any atom is 0.144 e. The second-order valence-corrected chi connectivity index (χ2v) is 8.93. The predicted octanol–water partition coefficient (Wildman–Crippen LogP) is 8.97. The van der Waals surface area contributed by atoms with E-state index in [0.29, 0.717) is 5.92 Å². The lowest BCUT2D eigenvalue weighted by molar-refractivity contribution is 0.563. The van der Waals surface area contributed by atoms with Crippen molar-refractivity contribution < 1.29 is 8.81 Å². The second-order valence-electron chi connectivity index (χ2n) is 8.93. The Morgan fingerprint density at radius 1 is 0.875 bits per heavy atom. The van der Waals surface area contributed by atoms with Gasteiger partial charge in [0.1, 0.15) is 17.0 Å². The van der Waals surface area contributed by atoms with Gasteiger partial charge in [-0.15, -0.1) is 0 Å². The summed E-state index contributed by atoms with van der Waals surface area (Å²) in [6.07, 6.45) is 3.61. The van der Waals surface area contributed by atoms with Gasteiger partial charge >= 0.3 is 0 Å². The molecule has 3 heteroatoms. The molecule has 2 aromatic heterocycles. The first-order valence-electron chi connectivity index (χ1n) is 11.6. The van der Waals surface area contributed by atoms with Gasteiger partial charge in [0.25, 0.3) is 0 Å². The highest BCUT2D eigenvalue weighted by Gasteiger charge is 2.21. The number of nitrogens with zero attached hydrogens (tertiary/aromatic N) is 1. The van der Waals surface area contributed by atoms with Gasteiger partial charge in [0, 0.05) is 27.9 Å². The van der Waals surface area contributed by atoms with E-state index in [1.807, 2.05) is 30.3 Å². The summed E-state index contributed by atoms with van der Waals surface area (Å²) in [5.74, 6) is 0.412. The summed E-state index contributed by atoms with van der Waals surface area (Å²) in [6, 6.07) is 18.0. The van der Waals surface area contributed by atoms with Crippen LogP contribution in [0, 0.1) is 5.82 Å². The third-order valence-electron chi connectivity index (χ3n) is 6.75. The Morgan fingerprint density at radius 2 is 1.66 bits per heavy atom. The number of halogens is 1. The summed E-state index contributed by atoms with van der Waals surface area (Å²) in [5, 5.41) is 4.12. The van der Waals surface area contributed by atoms with E-state index in [0.717, 1.165) is 62.4 Å². The van der Waals surface area contributed by atoms with E-state index in [2.05, 4.69) is 45.9 Å². The van der Waals surface area contributed by atoms with Crippen molar-refractivity contribution in [2.24, 2.45) is 0 Å². The van der Waals surface area contributed by atoms with Gasteiger partial charge in [-0.25, -0.2) is 4.39 Å². The first kappa shape index (κ1) is 20.7. The van der Waals surface area contributed by atoms with Crippen molar-refractivity contribution in [1.82, 2.24) is 4.98 Å². The minimum atomic E-state index is -0.131. The number of furan rings is 1. The SMILES string of the molecule is CCC(CC)c1c(F)ccc2c(-c3cc(C(C)C)cc4c3oc3ccccc34)nccc12. The fraction of sp³-hybridized carbons (Fsp3) is 0.276. The molecule has 0 aliphatic heterocycles. The molecule has 3 aromatic carbocycles. The van der Waals surface area contributed by atoms with Crippen molar-refractivity contribution in [2.45, 2.75) is 52.4 Å². The van der Waals surface area contributed by atoms with Crippen molar-refractivity contribution >= 4 is 32.7 Å². The molecule has 32 heavy (non-hydrogen) atoms. The molecule has 5 rings (SSSR count). The van der Waals surface area contributed by atoms with Crippen LogP contribution >= 0.6 is 0 Å². The van der Waals surface area contributed by atoms with Crippen LogP contribution < -0.4 is 0 Å². The molecule has 0 unspecified atom stereocenters. The van der Waals surface area contributed by atoms with Gasteiger partial charge in [-0.3, -0.25) is 4.98 Å². The maximum absolute atomic E-state index is 15.0. The molecule has 162 valence electrons. The van der Waals surface area contributed by atoms with Crippen LogP contribution in [0.2, 0.25) is 0 Å². The lowest BCUT2D eigenvalue weighted by Crippen LogP contribution is -2.02. The van der Waals surface area contributed by atoms with E-state index in [1.165, 1.54) is 5.56 Å². The largest absolute Gasteiger partial charge is 0.455 e. The predicted molar refractivity (Wildman–Crippen MR) is 132 cm³/mol. The smallest absolute Gasteiger partial charge is 0.144 e. The molecule has 0 radical (unpaired) electrons. The summed E-state index contributed by atoms with van der Waals surface area (Å²) >= 11 is 0. The van der Waals surface area contributed by atoms with Crippen LogP contribution in [-0.2, 0) is 0 Å². The van der Waals surface area contributed by atoms with Gasteiger partial charge in [-0.05, 0) is 77.6 Å². The number of hydrogen-bond donors (Lipinski definition) is 0. The number of hydrogen-bond acceptors (Lipinski definition) is 2. The van der Waals surface area contributed by atoms with Crippen LogP contribution in [-0.4, -0.2) is 4.98 Å². The van der Waals surface area contributed by atoms with E-state index in [-0.39, 0.29) is 11.7 Å². The molecule has 0 bridgehead atoms. The van der Waals surface area contributed by atoms with E-state index >= 15 is 4.39 Å². The standard InChI is InChI=1S/C29H28FNO/c1-5-18(6-2)27-21-13-14-31-28(22(21)11-12-25(27)30)24-16-19(17(3)4)15-23-20-9-7-8-10-26(20)32-29(23)24/h7-18H,5-6H2,1-4H3. The number of fused-ring (bicyclic) bond motifs is 4. The molecule has 5 aromatic rings. The highest BCUT2D eigenvalue weighted by Crippen LogP contribution is 2.41. The van der Waals surface area contributed by atoms with E-state index in [9.17, 15) is 0 Å². The molecule has 0 aliphatic carbocycles. The molecule has 0 fully saturated rings. The zero-order chi connectivity index (χ0) is 22.4. The number of rotatable bonds is 5. The van der Waals surface area contributed by atoms with E-state index in [1.54, 1.807) is 12.3 Å². The van der Waals surface area contributed by atoms with Gasteiger partial charge in [-0.2, -0.15) is 0 Å². The van der Waals surface area contributed by atoms with Gasteiger partial charge in [0.15, 0.2) is 0 Å². The molecule has 0 amide bonds. The Bertz CT molecular complexity index is 1440. The number of para-hydroxylation sites is 1. The zero-order valence-corrected chi connectivity index (χ0v) is 19.1. The fourth-order valence-corrected chi connectivity index (χ4v) is 4.94. The first-order chi connectivity index (χ1) is 15.5. The van der Waals surface area contributed by atoms with Gasteiger partial charge in [-0.1, -0.05) is 45.9 Å². The molecule has 0 spiro atoms. The summed E-state index contributed by atoms with van der Waals surface area (Å²) in [6.45, 7) is 8.64. The third kappa shape index (κ3) is 3.19. The first-order valence-corrected chi connectivity index (χ1v) is 11.6. The minimum Gasteiger partial charge on any atom is -0.455 e. The van der Waals surface area contributed by atoms with Crippen LogP contribution in [0.25, 0.3) is 44.0 Å². The van der Waals surface area contributed by atoms with Crippen molar-refractivity contribution in [3.8, 4) is 11.3 Å². The second kappa shape index (κ2) is 8.05. The molecule has 0 aliphatic rings. The van der Waals surface area contributed by atoms with Crippen molar-refractivity contribution in [1.29, 1.82) is 0 Å². The van der Waals surface area contributed by atoms with Crippen LogP contribution in [0.5, 0.6) is 0 Å². The average molecular weight is 426 g/mol. The summed E-state index contributed by atoms with van der Waals surface area (Å²) < 4.78 is 21.4. The van der Waals surface area contributed by atoms with Gasteiger partial charge < -0.3 is 4.42 Å². The van der Waals surface area contributed by atoms with Crippen molar-refractivity contribution in [3.63, 3.8) is 0 Å². The number of pyridine rings is 1. The fourth-order valence-electron chi connectivity index (χ4n) is 4.94. The van der Waals surface area contributed by atoms with Gasteiger partial charge in [0.2, 0.25) is 0 Å². The monoisotopic (exact) mass is 425 g/mol. The Balaban J connectivity index is 1.88. The molecule has 0 saturated heterocycles. The molecule has 0 atom stereocenters. The lowest BCUT2D eigenvalue weighted by Gasteiger charge is -2.18.